The molecule has 0 atom stereocenters. The molecule has 134 valence electrons. The fraction of sp³-hybridized carbons (Fsp3) is 0.158. The summed E-state index contributed by atoms with van der Waals surface area (Å²) in [4.78, 5) is 12.7. The van der Waals surface area contributed by atoms with Gasteiger partial charge < -0.3 is 4.74 Å². The van der Waals surface area contributed by atoms with Gasteiger partial charge in [0.25, 0.3) is 0 Å². The molecule has 3 aromatic rings. The molecule has 0 saturated heterocycles. The lowest BCUT2D eigenvalue weighted by Crippen LogP contribution is -2.10. The highest BCUT2D eigenvalue weighted by atomic mass is 32.1. The zero-order chi connectivity index (χ0) is 18.7. The lowest BCUT2D eigenvalue weighted by molar-refractivity contribution is -0.137. The molecule has 0 N–H and O–H groups in total. The molecule has 3 rings (SSSR count). The van der Waals surface area contributed by atoms with E-state index in [0.717, 1.165) is 17.6 Å². The van der Waals surface area contributed by atoms with Gasteiger partial charge in [-0.1, -0.05) is 48.5 Å². The normalized spacial score (nSPS) is 11.4. The Balaban J connectivity index is 2.24. The molecule has 0 saturated carbocycles. The molecule has 7 heteroatoms. The van der Waals surface area contributed by atoms with Crippen LogP contribution in [0.3, 0.4) is 0 Å². The average Bonchev–Trinajstić information content (AvgIpc) is 3.07. The Hall–Kier alpha value is -2.67. The molecule has 3 nitrogen and oxygen atoms in total. The number of nitrogens with zero attached hydrogens (tertiary/aromatic N) is 1. The zero-order valence-corrected chi connectivity index (χ0v) is 14.5. The summed E-state index contributed by atoms with van der Waals surface area (Å²) in [7, 11) is 0. The topological polar surface area (TPSA) is 39.2 Å². The van der Waals surface area contributed by atoms with Gasteiger partial charge in [0.05, 0.1) is 22.7 Å². The lowest BCUT2D eigenvalue weighted by Gasteiger charge is -2.12. The van der Waals surface area contributed by atoms with Gasteiger partial charge in [-0.3, -0.25) is 0 Å². The molecular weight excluding hydrogens is 363 g/mol. The number of alkyl halides is 3. The van der Waals surface area contributed by atoms with Crippen molar-refractivity contribution in [2.45, 2.75) is 13.1 Å². The van der Waals surface area contributed by atoms with E-state index in [0.29, 0.717) is 11.3 Å². The lowest BCUT2D eigenvalue weighted by atomic mass is 9.99. The first-order chi connectivity index (χ1) is 12.4. The van der Waals surface area contributed by atoms with Crippen molar-refractivity contribution in [2.24, 2.45) is 0 Å². The van der Waals surface area contributed by atoms with Crippen LogP contribution in [0.15, 0.2) is 54.6 Å². The van der Waals surface area contributed by atoms with Crippen LogP contribution in [0.4, 0.5) is 13.2 Å². The maximum absolute atomic E-state index is 13.4. The van der Waals surface area contributed by atoms with Crippen LogP contribution >= 0.6 is 11.5 Å². The van der Waals surface area contributed by atoms with E-state index in [1.54, 1.807) is 37.3 Å². The summed E-state index contributed by atoms with van der Waals surface area (Å²) in [5, 5.41) is 0. The molecule has 0 aliphatic carbocycles. The second-order valence-corrected chi connectivity index (χ2v) is 6.14. The quantitative estimate of drug-likeness (QED) is 0.550. The van der Waals surface area contributed by atoms with E-state index >= 15 is 0 Å². The summed E-state index contributed by atoms with van der Waals surface area (Å²) in [5.41, 5.74) is 0.125. The van der Waals surface area contributed by atoms with E-state index in [1.165, 1.54) is 18.2 Å². The first kappa shape index (κ1) is 18.1. The first-order valence-corrected chi connectivity index (χ1v) is 8.59. The molecule has 1 aromatic heterocycles. The molecule has 0 aliphatic heterocycles. The monoisotopic (exact) mass is 377 g/mol. The fourth-order valence-corrected chi connectivity index (χ4v) is 3.51. The van der Waals surface area contributed by atoms with E-state index in [1.807, 2.05) is 0 Å². The Morgan fingerprint density at radius 3 is 2.38 bits per heavy atom. The molecule has 0 radical (unpaired) electrons. The van der Waals surface area contributed by atoms with Crippen LogP contribution in [-0.4, -0.2) is 16.9 Å². The van der Waals surface area contributed by atoms with Crippen LogP contribution in [0.1, 0.15) is 22.8 Å². The van der Waals surface area contributed by atoms with Crippen molar-refractivity contribution in [3.05, 3.63) is 65.7 Å². The Kier molecular flexibility index (Phi) is 5.08. The molecule has 0 spiro atoms. The summed E-state index contributed by atoms with van der Waals surface area (Å²) < 4.78 is 49.6. The van der Waals surface area contributed by atoms with Crippen LogP contribution in [0, 0.1) is 0 Å². The highest BCUT2D eigenvalue weighted by molar-refractivity contribution is 7.10. The second-order valence-electron chi connectivity index (χ2n) is 5.37. The SMILES string of the molecule is CCOC(=O)c1c(-c2ccccc2)nsc1-c1ccccc1C(F)(F)F. The van der Waals surface area contributed by atoms with E-state index in [9.17, 15) is 18.0 Å². The minimum atomic E-state index is -4.54. The minimum absolute atomic E-state index is 0.0553. The standard InChI is InChI=1S/C19H14F3NO2S/c1-2-25-18(24)15-16(12-8-4-3-5-9-12)23-26-17(15)13-10-6-7-11-14(13)19(20,21)22/h3-11H,2H2,1H3. The van der Waals surface area contributed by atoms with Gasteiger partial charge in [-0.15, -0.1) is 0 Å². The fourth-order valence-electron chi connectivity index (χ4n) is 2.59. The van der Waals surface area contributed by atoms with Gasteiger partial charge in [0, 0.05) is 11.1 Å². The van der Waals surface area contributed by atoms with Crippen LogP contribution in [0.5, 0.6) is 0 Å². The average molecular weight is 377 g/mol. The van der Waals surface area contributed by atoms with Crippen LogP contribution < -0.4 is 0 Å². The van der Waals surface area contributed by atoms with Gasteiger partial charge in [0.1, 0.15) is 5.56 Å². The Morgan fingerprint density at radius 2 is 1.73 bits per heavy atom. The summed E-state index contributed by atoms with van der Waals surface area (Å²) >= 11 is 0.858. The van der Waals surface area contributed by atoms with Crippen molar-refractivity contribution in [2.75, 3.05) is 6.61 Å². The van der Waals surface area contributed by atoms with E-state index in [-0.39, 0.29) is 22.6 Å². The number of hydrogen-bond donors (Lipinski definition) is 0. The van der Waals surface area contributed by atoms with Crippen molar-refractivity contribution in [1.82, 2.24) is 4.37 Å². The smallest absolute Gasteiger partial charge is 0.417 e. The molecule has 0 amide bonds. The van der Waals surface area contributed by atoms with Crippen LogP contribution in [0.2, 0.25) is 0 Å². The minimum Gasteiger partial charge on any atom is -0.462 e. The number of rotatable bonds is 4. The third kappa shape index (κ3) is 3.48. The molecule has 0 fully saturated rings. The summed E-state index contributed by atoms with van der Waals surface area (Å²) in [6.07, 6.45) is -4.54. The van der Waals surface area contributed by atoms with Crippen LogP contribution in [-0.2, 0) is 10.9 Å². The van der Waals surface area contributed by atoms with Gasteiger partial charge in [0.2, 0.25) is 0 Å². The number of carbonyl (C=O) groups excluding carboxylic acids is 1. The largest absolute Gasteiger partial charge is 0.462 e. The number of benzene rings is 2. The summed E-state index contributed by atoms with van der Waals surface area (Å²) in [6.45, 7) is 1.76. The molecule has 1 heterocycles. The number of halogens is 3. The number of carbonyl (C=O) groups is 1. The van der Waals surface area contributed by atoms with Crippen molar-refractivity contribution in [3.8, 4) is 21.7 Å². The zero-order valence-electron chi connectivity index (χ0n) is 13.7. The van der Waals surface area contributed by atoms with Crippen molar-refractivity contribution in [3.63, 3.8) is 0 Å². The van der Waals surface area contributed by atoms with Gasteiger partial charge in [-0.25, -0.2) is 4.79 Å². The maximum Gasteiger partial charge on any atom is 0.417 e. The third-order valence-electron chi connectivity index (χ3n) is 3.70. The van der Waals surface area contributed by atoms with Gasteiger partial charge >= 0.3 is 12.1 Å². The Labute approximate surface area is 152 Å². The molecular formula is C19H14F3NO2S. The van der Waals surface area contributed by atoms with Crippen LogP contribution in [0.25, 0.3) is 21.7 Å². The number of esters is 1. The number of hydrogen-bond acceptors (Lipinski definition) is 4. The predicted molar refractivity (Wildman–Crippen MR) is 93.9 cm³/mol. The van der Waals surface area contributed by atoms with E-state index in [2.05, 4.69) is 4.37 Å². The van der Waals surface area contributed by atoms with Gasteiger partial charge in [-0.2, -0.15) is 17.5 Å². The van der Waals surface area contributed by atoms with Gasteiger partial charge in [0.15, 0.2) is 0 Å². The number of aromatic nitrogens is 1. The van der Waals surface area contributed by atoms with E-state index < -0.39 is 17.7 Å². The second kappa shape index (κ2) is 7.29. The predicted octanol–water partition coefficient (Wildman–Crippen LogP) is 5.67. The van der Waals surface area contributed by atoms with Gasteiger partial charge in [-0.05, 0) is 24.5 Å². The maximum atomic E-state index is 13.4. The first-order valence-electron chi connectivity index (χ1n) is 7.82. The number of ether oxygens (including phenoxy) is 1. The van der Waals surface area contributed by atoms with Crippen molar-refractivity contribution >= 4 is 17.5 Å². The highest BCUT2D eigenvalue weighted by Crippen LogP contribution is 2.42. The molecule has 0 bridgehead atoms. The van der Waals surface area contributed by atoms with Crippen molar-refractivity contribution < 1.29 is 22.7 Å². The summed E-state index contributed by atoms with van der Waals surface area (Å²) in [5.74, 6) is -0.688. The molecule has 0 unspecified atom stereocenters. The molecule has 0 aliphatic rings. The van der Waals surface area contributed by atoms with E-state index in [4.69, 9.17) is 4.74 Å². The molecule has 26 heavy (non-hydrogen) atoms. The summed E-state index contributed by atoms with van der Waals surface area (Å²) in [6, 6.07) is 14.0. The molecule has 2 aromatic carbocycles. The Bertz CT molecular complexity index is 920. The Morgan fingerprint density at radius 1 is 1.08 bits per heavy atom. The van der Waals surface area contributed by atoms with Crippen molar-refractivity contribution in [1.29, 1.82) is 0 Å². The third-order valence-corrected chi connectivity index (χ3v) is 4.58. The highest BCUT2D eigenvalue weighted by Gasteiger charge is 2.35.